The fourth-order valence-corrected chi connectivity index (χ4v) is 2.64. The average molecular weight is 425 g/mol. The van der Waals surface area contributed by atoms with Crippen LogP contribution in [0.1, 0.15) is 10.6 Å². The lowest BCUT2D eigenvalue weighted by Gasteiger charge is -2.08. The molecule has 2 N–H and O–H groups in total. The van der Waals surface area contributed by atoms with Gasteiger partial charge in [0.25, 0.3) is 5.91 Å². The monoisotopic (exact) mass is 424 g/mol. The summed E-state index contributed by atoms with van der Waals surface area (Å²) in [7, 11) is 0. The highest BCUT2D eigenvalue weighted by molar-refractivity contribution is 9.10. The standard InChI is InChI=1S/C18H13BrN6O2/c19-15-7-6-14(27-15)18(26)22-13-4-2-12(3-5-13)21-16-8-9-17(24-23-16)25-11-1-10-20-25/h1-11H,(H,21,23)(H,22,26). The molecule has 3 aromatic heterocycles. The molecule has 0 radical (unpaired) electrons. The number of carbonyl (C=O) groups excluding carboxylic acids is 1. The molecule has 0 spiro atoms. The summed E-state index contributed by atoms with van der Waals surface area (Å²) >= 11 is 3.17. The van der Waals surface area contributed by atoms with Crippen molar-refractivity contribution in [1.82, 2.24) is 20.0 Å². The molecule has 134 valence electrons. The van der Waals surface area contributed by atoms with Gasteiger partial charge in [-0.3, -0.25) is 4.79 Å². The Balaban J connectivity index is 1.39. The van der Waals surface area contributed by atoms with Crippen molar-refractivity contribution in [3.05, 3.63) is 77.4 Å². The molecule has 0 aliphatic carbocycles. The van der Waals surface area contributed by atoms with Gasteiger partial charge in [0.15, 0.2) is 22.1 Å². The van der Waals surface area contributed by atoms with Crippen LogP contribution in [0.15, 0.2) is 76.1 Å². The molecule has 0 aliphatic heterocycles. The first-order valence-electron chi connectivity index (χ1n) is 7.95. The van der Waals surface area contributed by atoms with Crippen molar-refractivity contribution in [2.75, 3.05) is 10.6 Å². The van der Waals surface area contributed by atoms with E-state index in [-0.39, 0.29) is 11.7 Å². The highest BCUT2D eigenvalue weighted by Gasteiger charge is 2.10. The molecule has 0 saturated heterocycles. The van der Waals surface area contributed by atoms with Crippen molar-refractivity contribution in [2.45, 2.75) is 0 Å². The summed E-state index contributed by atoms with van der Waals surface area (Å²) in [6, 6.07) is 15.9. The second-order valence-electron chi connectivity index (χ2n) is 5.49. The number of furan rings is 1. The van der Waals surface area contributed by atoms with Crippen molar-refractivity contribution in [2.24, 2.45) is 0 Å². The number of hydrogen-bond acceptors (Lipinski definition) is 6. The Kier molecular flexibility index (Phi) is 4.67. The van der Waals surface area contributed by atoms with Crippen molar-refractivity contribution >= 4 is 39.0 Å². The Hall–Kier alpha value is -3.46. The van der Waals surface area contributed by atoms with E-state index in [0.717, 1.165) is 5.69 Å². The average Bonchev–Trinajstić information content (AvgIpc) is 3.36. The number of hydrogen-bond donors (Lipinski definition) is 2. The van der Waals surface area contributed by atoms with Gasteiger partial charge in [-0.1, -0.05) is 0 Å². The van der Waals surface area contributed by atoms with E-state index >= 15 is 0 Å². The minimum Gasteiger partial charge on any atom is -0.444 e. The highest BCUT2D eigenvalue weighted by atomic mass is 79.9. The second kappa shape index (κ2) is 7.42. The normalized spacial score (nSPS) is 10.6. The zero-order valence-corrected chi connectivity index (χ0v) is 15.4. The van der Waals surface area contributed by atoms with Gasteiger partial charge in [-0.15, -0.1) is 10.2 Å². The third-order valence-corrected chi connectivity index (χ3v) is 4.03. The Bertz CT molecular complexity index is 1040. The number of rotatable bonds is 5. The molecule has 3 heterocycles. The number of amides is 1. The molecule has 4 aromatic rings. The van der Waals surface area contributed by atoms with Crippen LogP contribution in [0, 0.1) is 0 Å². The molecular weight excluding hydrogens is 412 g/mol. The van der Waals surface area contributed by atoms with Crippen LogP contribution in [-0.4, -0.2) is 25.9 Å². The lowest BCUT2D eigenvalue weighted by molar-refractivity contribution is 0.0995. The number of anilines is 3. The van der Waals surface area contributed by atoms with Crippen molar-refractivity contribution < 1.29 is 9.21 Å². The van der Waals surface area contributed by atoms with Gasteiger partial charge < -0.3 is 15.1 Å². The number of carbonyl (C=O) groups is 1. The topological polar surface area (TPSA) is 97.9 Å². The maximum atomic E-state index is 12.1. The molecule has 0 aliphatic rings. The smallest absolute Gasteiger partial charge is 0.291 e. The minimum atomic E-state index is -0.318. The first-order valence-corrected chi connectivity index (χ1v) is 8.74. The fraction of sp³-hybridized carbons (Fsp3) is 0. The Morgan fingerprint density at radius 1 is 1.00 bits per heavy atom. The zero-order chi connectivity index (χ0) is 18.6. The van der Waals surface area contributed by atoms with Crippen LogP contribution in [0.25, 0.3) is 5.82 Å². The van der Waals surface area contributed by atoms with Crippen LogP contribution in [0.5, 0.6) is 0 Å². The van der Waals surface area contributed by atoms with Gasteiger partial charge in [0.05, 0.1) is 0 Å². The summed E-state index contributed by atoms with van der Waals surface area (Å²) < 4.78 is 7.36. The first kappa shape index (κ1) is 17.0. The molecule has 9 heteroatoms. The molecule has 1 aromatic carbocycles. The number of halogens is 1. The molecule has 8 nitrogen and oxygen atoms in total. The van der Waals surface area contributed by atoms with Crippen LogP contribution < -0.4 is 10.6 Å². The van der Waals surface area contributed by atoms with E-state index in [1.54, 1.807) is 41.3 Å². The third-order valence-electron chi connectivity index (χ3n) is 3.60. The Morgan fingerprint density at radius 3 is 2.44 bits per heavy atom. The maximum Gasteiger partial charge on any atom is 0.291 e. The summed E-state index contributed by atoms with van der Waals surface area (Å²) in [4.78, 5) is 12.1. The van der Waals surface area contributed by atoms with Crippen LogP contribution in [0.3, 0.4) is 0 Å². The summed E-state index contributed by atoms with van der Waals surface area (Å²) in [6.07, 6.45) is 3.48. The lowest BCUT2D eigenvalue weighted by atomic mass is 10.2. The second-order valence-corrected chi connectivity index (χ2v) is 6.27. The van der Waals surface area contributed by atoms with Gasteiger partial charge in [-0.2, -0.15) is 5.10 Å². The van der Waals surface area contributed by atoms with Crippen LogP contribution in [0.2, 0.25) is 0 Å². The van der Waals surface area contributed by atoms with Crippen molar-refractivity contribution in [3.63, 3.8) is 0 Å². The van der Waals surface area contributed by atoms with Gasteiger partial charge in [0.2, 0.25) is 0 Å². The third kappa shape index (κ3) is 4.04. The van der Waals surface area contributed by atoms with E-state index in [1.165, 1.54) is 0 Å². The van der Waals surface area contributed by atoms with Gasteiger partial charge >= 0.3 is 0 Å². The van der Waals surface area contributed by atoms with Crippen molar-refractivity contribution in [1.29, 1.82) is 0 Å². The lowest BCUT2D eigenvalue weighted by Crippen LogP contribution is -2.10. The summed E-state index contributed by atoms with van der Waals surface area (Å²) in [5.74, 6) is 1.15. The summed E-state index contributed by atoms with van der Waals surface area (Å²) in [5, 5.41) is 18.3. The Morgan fingerprint density at radius 2 is 1.81 bits per heavy atom. The van der Waals surface area contributed by atoms with Gasteiger partial charge in [-0.25, -0.2) is 4.68 Å². The molecule has 0 saturated carbocycles. The first-order chi connectivity index (χ1) is 13.2. The predicted octanol–water partition coefficient (Wildman–Crippen LogP) is 4.01. The number of nitrogens with zero attached hydrogens (tertiary/aromatic N) is 4. The molecule has 0 unspecified atom stereocenters. The Labute approximate surface area is 162 Å². The highest BCUT2D eigenvalue weighted by Crippen LogP contribution is 2.19. The molecule has 4 rings (SSSR count). The van der Waals surface area contributed by atoms with Gasteiger partial charge in [-0.05, 0) is 70.5 Å². The molecular formula is C18H13BrN6O2. The van der Waals surface area contributed by atoms with E-state index in [1.807, 2.05) is 30.3 Å². The number of benzene rings is 1. The quantitative estimate of drug-likeness (QED) is 0.502. The van der Waals surface area contributed by atoms with Crippen LogP contribution in [-0.2, 0) is 0 Å². The molecule has 0 atom stereocenters. The number of aromatic nitrogens is 4. The summed E-state index contributed by atoms with van der Waals surface area (Å²) in [6.45, 7) is 0. The van der Waals surface area contributed by atoms with Crippen molar-refractivity contribution in [3.8, 4) is 5.82 Å². The zero-order valence-electron chi connectivity index (χ0n) is 13.8. The van der Waals surface area contributed by atoms with E-state index in [0.29, 0.717) is 22.0 Å². The SMILES string of the molecule is O=C(Nc1ccc(Nc2ccc(-n3cccn3)nn2)cc1)c1ccc(Br)o1. The predicted molar refractivity (Wildman–Crippen MR) is 103 cm³/mol. The van der Waals surface area contributed by atoms with E-state index < -0.39 is 0 Å². The largest absolute Gasteiger partial charge is 0.444 e. The molecule has 27 heavy (non-hydrogen) atoms. The minimum absolute atomic E-state index is 0.233. The van der Waals surface area contributed by atoms with E-state index in [4.69, 9.17) is 4.42 Å². The van der Waals surface area contributed by atoms with E-state index in [2.05, 4.69) is 41.9 Å². The molecule has 0 bridgehead atoms. The van der Waals surface area contributed by atoms with E-state index in [9.17, 15) is 4.79 Å². The molecule has 1 amide bonds. The van der Waals surface area contributed by atoms with Crippen LogP contribution in [0.4, 0.5) is 17.2 Å². The molecule has 0 fully saturated rings. The van der Waals surface area contributed by atoms with Crippen LogP contribution >= 0.6 is 15.9 Å². The number of nitrogens with one attached hydrogen (secondary N) is 2. The van der Waals surface area contributed by atoms with Gasteiger partial charge in [0.1, 0.15) is 0 Å². The maximum absolute atomic E-state index is 12.1. The fourth-order valence-electron chi connectivity index (χ4n) is 2.33. The summed E-state index contributed by atoms with van der Waals surface area (Å²) in [5.41, 5.74) is 1.47. The van der Waals surface area contributed by atoms with Gasteiger partial charge in [0, 0.05) is 23.8 Å².